The molecule has 0 aromatic carbocycles. The van der Waals surface area contributed by atoms with Crippen LogP contribution in [0.1, 0.15) is 29.8 Å². The Morgan fingerprint density at radius 3 is 2.96 bits per heavy atom. The molecule has 0 spiro atoms. The zero-order valence-corrected chi connectivity index (χ0v) is 14.4. The minimum absolute atomic E-state index is 0.0108. The van der Waals surface area contributed by atoms with Crippen LogP contribution in [0.2, 0.25) is 0 Å². The second-order valence-corrected chi connectivity index (χ2v) is 6.73. The van der Waals surface area contributed by atoms with Crippen LogP contribution in [0.4, 0.5) is 5.82 Å². The number of anilines is 1. The number of rotatable bonds is 4. The summed E-state index contributed by atoms with van der Waals surface area (Å²) in [6, 6.07) is 0. The van der Waals surface area contributed by atoms with Crippen LogP contribution in [-0.2, 0) is 4.74 Å². The van der Waals surface area contributed by atoms with E-state index in [-0.39, 0.29) is 5.91 Å². The van der Waals surface area contributed by atoms with Gasteiger partial charge >= 0.3 is 0 Å². The van der Waals surface area contributed by atoms with E-state index in [1.165, 1.54) is 6.42 Å². The Kier molecular flexibility index (Phi) is 5.98. The lowest BCUT2D eigenvalue weighted by molar-refractivity contribution is 0.0718. The summed E-state index contributed by atoms with van der Waals surface area (Å²) in [4.78, 5) is 25.3. The number of amides is 1. The molecule has 2 fully saturated rings. The highest BCUT2D eigenvalue weighted by atomic mass is 16.5. The Hall–Kier alpha value is -1.73. The quantitative estimate of drug-likeness (QED) is 0.889. The van der Waals surface area contributed by atoms with Gasteiger partial charge in [0.05, 0.1) is 25.6 Å². The highest BCUT2D eigenvalue weighted by Crippen LogP contribution is 2.13. The molecule has 0 saturated carbocycles. The Morgan fingerprint density at radius 1 is 1.29 bits per heavy atom. The first-order chi connectivity index (χ1) is 11.7. The summed E-state index contributed by atoms with van der Waals surface area (Å²) in [5.41, 5.74) is 0.427. The first-order valence-electron chi connectivity index (χ1n) is 8.84. The number of ether oxygens (including phenoxy) is 1. The Morgan fingerprint density at radius 2 is 2.12 bits per heavy atom. The molecule has 2 saturated heterocycles. The molecule has 24 heavy (non-hydrogen) atoms. The van der Waals surface area contributed by atoms with Crippen molar-refractivity contribution in [2.45, 2.75) is 19.3 Å². The van der Waals surface area contributed by atoms with Gasteiger partial charge in [-0.25, -0.2) is 4.98 Å². The summed E-state index contributed by atoms with van der Waals surface area (Å²) >= 11 is 0. The van der Waals surface area contributed by atoms with Crippen molar-refractivity contribution >= 4 is 11.7 Å². The molecule has 132 valence electrons. The average molecular weight is 333 g/mol. The molecule has 1 amide bonds. The van der Waals surface area contributed by atoms with Crippen molar-refractivity contribution in [1.29, 1.82) is 0 Å². The number of likely N-dealkylation sites (N-methyl/N-ethyl adjacent to an activating group) is 1. The lowest BCUT2D eigenvalue weighted by atomic mass is 10.1. The summed E-state index contributed by atoms with van der Waals surface area (Å²) in [6.45, 7) is 5.90. The molecule has 2 aliphatic rings. The van der Waals surface area contributed by atoms with Crippen LogP contribution in [0.3, 0.4) is 0 Å². The third kappa shape index (κ3) is 4.64. The van der Waals surface area contributed by atoms with Gasteiger partial charge in [-0.1, -0.05) is 0 Å². The largest absolute Gasteiger partial charge is 0.380 e. The zero-order valence-electron chi connectivity index (χ0n) is 14.4. The lowest BCUT2D eigenvalue weighted by Crippen LogP contribution is -2.36. The standard InChI is InChI=1S/C17H27N5O2/c1-21-7-8-24-13-14(12-21)9-19-16-11-18-10-15(20-16)17(23)22-5-3-2-4-6-22/h10-11,14H,2-9,12-13H2,1H3,(H,19,20)/t14-/m1/s1. The summed E-state index contributed by atoms with van der Waals surface area (Å²) in [6.07, 6.45) is 6.59. The van der Waals surface area contributed by atoms with Gasteiger partial charge in [0, 0.05) is 38.6 Å². The normalized spacial score (nSPS) is 22.9. The van der Waals surface area contributed by atoms with Crippen LogP contribution in [0.5, 0.6) is 0 Å². The van der Waals surface area contributed by atoms with Gasteiger partial charge in [0.15, 0.2) is 0 Å². The number of carbonyl (C=O) groups excluding carboxylic acids is 1. The van der Waals surface area contributed by atoms with Gasteiger partial charge in [-0.05, 0) is 26.3 Å². The molecule has 1 atom stereocenters. The van der Waals surface area contributed by atoms with Crippen molar-refractivity contribution in [2.75, 3.05) is 58.3 Å². The number of piperidine rings is 1. The maximum Gasteiger partial charge on any atom is 0.274 e. The molecule has 0 unspecified atom stereocenters. The van der Waals surface area contributed by atoms with Crippen LogP contribution in [-0.4, -0.2) is 78.7 Å². The van der Waals surface area contributed by atoms with Crippen molar-refractivity contribution in [3.8, 4) is 0 Å². The topological polar surface area (TPSA) is 70.6 Å². The fraction of sp³-hybridized carbons (Fsp3) is 0.706. The van der Waals surface area contributed by atoms with E-state index in [1.807, 2.05) is 4.90 Å². The second kappa shape index (κ2) is 8.39. The van der Waals surface area contributed by atoms with E-state index in [2.05, 4.69) is 27.2 Å². The molecule has 0 aliphatic carbocycles. The number of carbonyl (C=O) groups is 1. The first kappa shape index (κ1) is 17.1. The van der Waals surface area contributed by atoms with Crippen LogP contribution >= 0.6 is 0 Å². The molecule has 0 radical (unpaired) electrons. The Labute approximate surface area is 143 Å². The van der Waals surface area contributed by atoms with E-state index in [0.29, 0.717) is 17.4 Å². The fourth-order valence-corrected chi connectivity index (χ4v) is 3.24. The van der Waals surface area contributed by atoms with Crippen molar-refractivity contribution < 1.29 is 9.53 Å². The second-order valence-electron chi connectivity index (χ2n) is 6.73. The van der Waals surface area contributed by atoms with Crippen LogP contribution < -0.4 is 5.32 Å². The fourth-order valence-electron chi connectivity index (χ4n) is 3.24. The third-order valence-corrected chi connectivity index (χ3v) is 4.61. The maximum absolute atomic E-state index is 12.5. The van der Waals surface area contributed by atoms with E-state index >= 15 is 0 Å². The van der Waals surface area contributed by atoms with E-state index < -0.39 is 0 Å². The zero-order chi connectivity index (χ0) is 16.8. The monoisotopic (exact) mass is 333 g/mol. The number of aromatic nitrogens is 2. The van der Waals surface area contributed by atoms with Crippen molar-refractivity contribution in [1.82, 2.24) is 19.8 Å². The molecule has 3 rings (SSSR count). The molecule has 7 heteroatoms. The van der Waals surface area contributed by atoms with Gasteiger partial charge in [0.1, 0.15) is 11.5 Å². The maximum atomic E-state index is 12.5. The molecule has 3 heterocycles. The molecule has 2 aliphatic heterocycles. The number of nitrogens with one attached hydrogen (secondary N) is 1. The molecule has 1 N–H and O–H groups in total. The SMILES string of the molecule is CN1CCOC[C@H](CNc2cncc(C(=O)N3CCCCC3)n2)C1. The highest BCUT2D eigenvalue weighted by molar-refractivity contribution is 5.92. The lowest BCUT2D eigenvalue weighted by Gasteiger charge is -2.26. The van der Waals surface area contributed by atoms with Gasteiger partial charge in [-0.2, -0.15) is 0 Å². The predicted molar refractivity (Wildman–Crippen MR) is 92.1 cm³/mol. The van der Waals surface area contributed by atoms with E-state index in [4.69, 9.17) is 4.74 Å². The summed E-state index contributed by atoms with van der Waals surface area (Å²) in [7, 11) is 2.11. The van der Waals surface area contributed by atoms with Crippen molar-refractivity contribution in [2.24, 2.45) is 5.92 Å². The molecular formula is C17H27N5O2. The van der Waals surface area contributed by atoms with Gasteiger partial charge in [0.25, 0.3) is 5.91 Å². The third-order valence-electron chi connectivity index (χ3n) is 4.61. The minimum Gasteiger partial charge on any atom is -0.380 e. The molecule has 1 aromatic rings. The molecule has 7 nitrogen and oxygen atoms in total. The first-order valence-corrected chi connectivity index (χ1v) is 8.84. The van der Waals surface area contributed by atoms with Gasteiger partial charge in [0.2, 0.25) is 0 Å². The summed E-state index contributed by atoms with van der Waals surface area (Å²) < 4.78 is 5.63. The van der Waals surface area contributed by atoms with Crippen LogP contribution in [0, 0.1) is 5.92 Å². The molecule has 0 bridgehead atoms. The number of hydrogen-bond donors (Lipinski definition) is 1. The Bertz CT molecular complexity index is 548. The minimum atomic E-state index is -0.0108. The number of hydrogen-bond acceptors (Lipinski definition) is 6. The summed E-state index contributed by atoms with van der Waals surface area (Å²) in [5, 5.41) is 3.31. The van der Waals surface area contributed by atoms with Crippen LogP contribution in [0.25, 0.3) is 0 Å². The Balaban J connectivity index is 1.57. The van der Waals surface area contributed by atoms with Crippen molar-refractivity contribution in [3.63, 3.8) is 0 Å². The van der Waals surface area contributed by atoms with Gasteiger partial charge in [-0.15, -0.1) is 0 Å². The predicted octanol–water partition coefficient (Wildman–Crippen LogP) is 1.09. The van der Waals surface area contributed by atoms with Crippen LogP contribution in [0.15, 0.2) is 12.4 Å². The van der Waals surface area contributed by atoms with E-state index in [9.17, 15) is 4.79 Å². The number of likely N-dealkylation sites (tertiary alicyclic amines) is 1. The molecular weight excluding hydrogens is 306 g/mol. The van der Waals surface area contributed by atoms with E-state index in [0.717, 1.165) is 58.8 Å². The van der Waals surface area contributed by atoms with Crippen molar-refractivity contribution in [3.05, 3.63) is 18.1 Å². The highest BCUT2D eigenvalue weighted by Gasteiger charge is 2.20. The molecule has 1 aromatic heterocycles. The average Bonchev–Trinajstić information content (AvgIpc) is 2.84. The van der Waals surface area contributed by atoms with Gasteiger partial charge < -0.3 is 19.9 Å². The smallest absolute Gasteiger partial charge is 0.274 e. The van der Waals surface area contributed by atoms with E-state index in [1.54, 1.807) is 12.4 Å². The number of nitrogens with zero attached hydrogens (tertiary/aromatic N) is 4. The van der Waals surface area contributed by atoms with Gasteiger partial charge in [-0.3, -0.25) is 9.78 Å². The summed E-state index contributed by atoms with van der Waals surface area (Å²) in [5.74, 6) is 1.05.